The van der Waals surface area contributed by atoms with Gasteiger partial charge in [-0.2, -0.15) is 0 Å². The number of hydrogen-bond acceptors (Lipinski definition) is 2. The summed E-state index contributed by atoms with van der Waals surface area (Å²) >= 11 is 0. The van der Waals surface area contributed by atoms with Crippen molar-refractivity contribution in [2.75, 3.05) is 0 Å². The van der Waals surface area contributed by atoms with E-state index in [1.54, 1.807) is 18.2 Å². The maximum absolute atomic E-state index is 14.1. The number of nitrogens with one attached hydrogen (secondary N) is 1. The zero-order valence-corrected chi connectivity index (χ0v) is 22.3. The molecule has 0 saturated heterocycles. The van der Waals surface area contributed by atoms with Crippen LogP contribution in [-0.2, 0) is 6.42 Å². The van der Waals surface area contributed by atoms with Crippen molar-refractivity contribution in [3.63, 3.8) is 0 Å². The molecule has 2 N–H and O–H groups in total. The lowest BCUT2D eigenvalue weighted by Crippen LogP contribution is -2.27. The molecule has 0 bridgehead atoms. The van der Waals surface area contributed by atoms with Crippen molar-refractivity contribution in [3.05, 3.63) is 149 Å². The van der Waals surface area contributed by atoms with Crippen molar-refractivity contribution in [2.45, 2.75) is 19.4 Å². The van der Waals surface area contributed by atoms with Crippen LogP contribution < -0.4 is 5.32 Å². The fourth-order valence-corrected chi connectivity index (χ4v) is 5.30. The molecule has 0 spiro atoms. The van der Waals surface area contributed by atoms with Gasteiger partial charge in [0.05, 0.1) is 22.7 Å². The molecule has 6 heteroatoms. The molecule has 0 unspecified atom stereocenters. The summed E-state index contributed by atoms with van der Waals surface area (Å²) in [6.07, 6.45) is 4.48. The fraction of sp³-hybridized carbons (Fsp3) is 0.0857. The van der Waals surface area contributed by atoms with Crippen molar-refractivity contribution in [2.24, 2.45) is 0 Å². The number of aromatic nitrogens is 1. The van der Waals surface area contributed by atoms with Crippen molar-refractivity contribution in [1.29, 1.82) is 0 Å². The van der Waals surface area contributed by atoms with Crippen LogP contribution in [-0.4, -0.2) is 21.4 Å². The summed E-state index contributed by atoms with van der Waals surface area (Å²) in [4.78, 5) is 25.1. The largest absolute Gasteiger partial charge is 0.478 e. The standard InChI is InChI=1S/C35H27FN2O3/c1-22(24-11-13-26(14-12-24)35(40)41)37-34(39)32-20-30(28-7-4-8-31(36)19-28)21-38-16-15-29(33(32)38)18-23-9-10-25-5-2-3-6-27(25)17-23/h2-17,19-22H,18H2,1H3,(H,37,39)(H,40,41)/t22-/m0/s1. The first-order valence-electron chi connectivity index (χ1n) is 13.4. The summed E-state index contributed by atoms with van der Waals surface area (Å²) in [7, 11) is 0. The number of carbonyl (C=O) groups excluding carboxylic acids is 1. The van der Waals surface area contributed by atoms with E-state index in [1.807, 2.05) is 54.0 Å². The molecule has 5 nitrogen and oxygen atoms in total. The van der Waals surface area contributed by atoms with E-state index in [-0.39, 0.29) is 23.3 Å². The van der Waals surface area contributed by atoms with Crippen molar-refractivity contribution in [3.8, 4) is 11.1 Å². The Morgan fingerprint density at radius 3 is 2.39 bits per heavy atom. The average Bonchev–Trinajstić information content (AvgIpc) is 3.39. The third-order valence-corrected chi connectivity index (χ3v) is 7.45. The number of carboxylic acid groups (broad SMARTS) is 1. The van der Waals surface area contributed by atoms with E-state index in [0.717, 1.165) is 27.6 Å². The molecular formula is C35H27FN2O3. The minimum Gasteiger partial charge on any atom is -0.478 e. The van der Waals surface area contributed by atoms with Crippen LogP contribution in [0, 0.1) is 5.82 Å². The molecule has 6 aromatic rings. The number of pyridine rings is 1. The van der Waals surface area contributed by atoms with Crippen molar-refractivity contribution < 1.29 is 19.1 Å². The smallest absolute Gasteiger partial charge is 0.335 e. The summed E-state index contributed by atoms with van der Waals surface area (Å²) in [5, 5.41) is 14.6. The number of amides is 1. The highest BCUT2D eigenvalue weighted by molar-refractivity contribution is 6.03. The second kappa shape index (κ2) is 10.7. The molecule has 2 aromatic heterocycles. The number of hydrogen-bond donors (Lipinski definition) is 2. The quantitative estimate of drug-likeness (QED) is 0.217. The number of fused-ring (bicyclic) bond motifs is 2. The molecule has 0 aliphatic carbocycles. The third kappa shape index (κ3) is 5.32. The first kappa shape index (κ1) is 26.0. The predicted molar refractivity (Wildman–Crippen MR) is 159 cm³/mol. The van der Waals surface area contributed by atoms with E-state index in [2.05, 4.69) is 35.6 Å². The molecular weight excluding hydrogens is 515 g/mol. The summed E-state index contributed by atoms with van der Waals surface area (Å²) < 4.78 is 16.0. The minimum atomic E-state index is -1.00. The van der Waals surface area contributed by atoms with Crippen LogP contribution in [0.4, 0.5) is 4.39 Å². The Morgan fingerprint density at radius 1 is 0.854 bits per heavy atom. The molecule has 0 aliphatic rings. The van der Waals surface area contributed by atoms with Gasteiger partial charge in [-0.1, -0.05) is 66.7 Å². The monoisotopic (exact) mass is 542 g/mol. The molecule has 0 radical (unpaired) electrons. The molecule has 4 aromatic carbocycles. The van der Waals surface area contributed by atoms with E-state index in [9.17, 15) is 19.1 Å². The number of carboxylic acids is 1. The highest BCUT2D eigenvalue weighted by Crippen LogP contribution is 2.29. The highest BCUT2D eigenvalue weighted by atomic mass is 19.1. The van der Waals surface area contributed by atoms with Gasteiger partial charge in [0.2, 0.25) is 0 Å². The van der Waals surface area contributed by atoms with E-state index in [1.165, 1.54) is 29.7 Å². The van der Waals surface area contributed by atoms with Gasteiger partial charge >= 0.3 is 5.97 Å². The molecule has 1 amide bonds. The van der Waals surface area contributed by atoms with Crippen LogP contribution in [0.2, 0.25) is 0 Å². The van der Waals surface area contributed by atoms with Gasteiger partial charge in [-0.25, -0.2) is 9.18 Å². The van der Waals surface area contributed by atoms with Crippen LogP contribution in [0.5, 0.6) is 0 Å². The van der Waals surface area contributed by atoms with Gasteiger partial charge in [0.25, 0.3) is 5.91 Å². The molecule has 0 aliphatic heterocycles. The number of aromatic carboxylic acids is 1. The Morgan fingerprint density at radius 2 is 1.63 bits per heavy atom. The van der Waals surface area contributed by atoms with Gasteiger partial charge in [-0.3, -0.25) is 4.79 Å². The lowest BCUT2D eigenvalue weighted by Gasteiger charge is -2.17. The lowest BCUT2D eigenvalue weighted by molar-refractivity contribution is 0.0696. The topological polar surface area (TPSA) is 70.8 Å². The summed E-state index contributed by atoms with van der Waals surface area (Å²) in [6, 6.07) is 30.8. The van der Waals surface area contributed by atoms with E-state index >= 15 is 0 Å². The van der Waals surface area contributed by atoms with Crippen LogP contribution in [0.1, 0.15) is 50.4 Å². The van der Waals surface area contributed by atoms with Gasteiger partial charge < -0.3 is 14.8 Å². The molecule has 1 atom stereocenters. The first-order valence-corrected chi connectivity index (χ1v) is 13.4. The van der Waals surface area contributed by atoms with Gasteiger partial charge in [-0.15, -0.1) is 0 Å². The molecule has 6 rings (SSSR count). The maximum Gasteiger partial charge on any atom is 0.335 e. The second-order valence-corrected chi connectivity index (χ2v) is 10.2. The van der Waals surface area contributed by atoms with Crippen LogP contribution in [0.15, 0.2) is 116 Å². The van der Waals surface area contributed by atoms with Gasteiger partial charge in [0.15, 0.2) is 0 Å². The lowest BCUT2D eigenvalue weighted by atomic mass is 9.98. The van der Waals surface area contributed by atoms with Crippen LogP contribution in [0.3, 0.4) is 0 Å². The van der Waals surface area contributed by atoms with E-state index < -0.39 is 5.97 Å². The SMILES string of the molecule is C[C@H](NC(=O)c1cc(-c2cccc(F)c2)cn2ccc(Cc3ccc4ccccc4c3)c12)c1ccc(C(=O)O)cc1. The third-order valence-electron chi connectivity index (χ3n) is 7.45. The predicted octanol–water partition coefficient (Wildman–Crippen LogP) is 7.68. The maximum atomic E-state index is 14.1. The van der Waals surface area contributed by atoms with E-state index in [4.69, 9.17) is 0 Å². The summed E-state index contributed by atoms with van der Waals surface area (Å²) in [5.74, 6) is -1.63. The van der Waals surface area contributed by atoms with Gasteiger partial charge in [0.1, 0.15) is 5.82 Å². The molecule has 41 heavy (non-hydrogen) atoms. The molecule has 0 fully saturated rings. The summed E-state index contributed by atoms with van der Waals surface area (Å²) in [5.41, 5.74) is 5.73. The number of benzene rings is 4. The molecule has 202 valence electrons. The normalized spacial score (nSPS) is 12.0. The fourth-order valence-electron chi connectivity index (χ4n) is 5.30. The van der Waals surface area contributed by atoms with Gasteiger partial charge in [-0.05, 0) is 88.3 Å². The Bertz CT molecular complexity index is 1920. The van der Waals surface area contributed by atoms with Gasteiger partial charge in [0, 0.05) is 12.4 Å². The first-order chi connectivity index (χ1) is 19.9. The Balaban J connectivity index is 1.40. The Kier molecular flexibility index (Phi) is 6.81. The zero-order chi connectivity index (χ0) is 28.5. The Hall–Kier alpha value is -5.23. The minimum absolute atomic E-state index is 0.184. The molecule has 2 heterocycles. The second-order valence-electron chi connectivity index (χ2n) is 10.2. The van der Waals surface area contributed by atoms with Crippen LogP contribution in [0.25, 0.3) is 27.4 Å². The zero-order valence-electron chi connectivity index (χ0n) is 22.3. The molecule has 0 saturated carbocycles. The highest BCUT2D eigenvalue weighted by Gasteiger charge is 2.19. The average molecular weight is 543 g/mol. The van der Waals surface area contributed by atoms with E-state index in [0.29, 0.717) is 23.1 Å². The number of carbonyl (C=O) groups is 2. The van der Waals surface area contributed by atoms with Crippen LogP contribution >= 0.6 is 0 Å². The number of rotatable bonds is 7. The Labute approximate surface area is 236 Å². The number of halogens is 1. The van der Waals surface area contributed by atoms with Crippen molar-refractivity contribution >= 4 is 28.2 Å². The summed E-state index contributed by atoms with van der Waals surface area (Å²) in [6.45, 7) is 1.86. The van der Waals surface area contributed by atoms with Crippen molar-refractivity contribution in [1.82, 2.24) is 9.72 Å². The number of nitrogens with zero attached hydrogens (tertiary/aromatic N) is 1.